The van der Waals surface area contributed by atoms with Crippen LogP contribution in [0.1, 0.15) is 17.2 Å². The molecule has 3 aromatic rings. The summed E-state index contributed by atoms with van der Waals surface area (Å²) in [5.41, 5.74) is 3.21. The highest BCUT2D eigenvalue weighted by molar-refractivity contribution is 7.71. The van der Waals surface area contributed by atoms with E-state index in [1.54, 1.807) is 4.57 Å². The molecule has 0 aliphatic heterocycles. The normalized spacial score (nSPS) is 12.1. The van der Waals surface area contributed by atoms with E-state index in [0.29, 0.717) is 17.1 Å². The Labute approximate surface area is 170 Å². The van der Waals surface area contributed by atoms with Gasteiger partial charge in [-0.25, -0.2) is 0 Å². The number of aromatic amines is 1. The molecule has 3 rings (SSSR count). The molecule has 1 aromatic heterocycles. The molecular weight excluding hydrogens is 370 g/mol. The maximum Gasteiger partial charge on any atom is 0.240 e. The van der Waals surface area contributed by atoms with E-state index in [1.807, 2.05) is 63.5 Å². The lowest BCUT2D eigenvalue weighted by Gasteiger charge is -2.25. The van der Waals surface area contributed by atoms with Gasteiger partial charge < -0.3 is 10.2 Å². The summed E-state index contributed by atoms with van der Waals surface area (Å²) in [4.78, 5) is 14.7. The van der Waals surface area contributed by atoms with Crippen LogP contribution in [-0.4, -0.2) is 46.2 Å². The van der Waals surface area contributed by atoms with Gasteiger partial charge in [-0.2, -0.15) is 5.10 Å². The average Bonchev–Trinajstić information content (AvgIpc) is 3.03. The predicted octanol–water partition coefficient (Wildman–Crippen LogP) is 3.34. The number of carbonyl (C=O) groups excluding carboxylic acids is 1. The smallest absolute Gasteiger partial charge is 0.240 e. The summed E-state index contributed by atoms with van der Waals surface area (Å²) in [5, 5.41) is 10.1. The zero-order valence-corrected chi connectivity index (χ0v) is 17.2. The van der Waals surface area contributed by atoms with Gasteiger partial charge in [0.25, 0.3) is 0 Å². The summed E-state index contributed by atoms with van der Waals surface area (Å²) >= 11 is 5.33. The molecule has 0 saturated heterocycles. The van der Waals surface area contributed by atoms with Gasteiger partial charge in [-0.15, -0.1) is 0 Å². The van der Waals surface area contributed by atoms with Crippen LogP contribution in [0.5, 0.6) is 0 Å². The van der Waals surface area contributed by atoms with Gasteiger partial charge in [-0.1, -0.05) is 54.1 Å². The third kappa shape index (κ3) is 4.74. The number of H-pyrrole nitrogens is 1. The fourth-order valence-corrected chi connectivity index (χ4v) is 3.35. The quantitative estimate of drug-likeness (QED) is 0.602. The molecule has 1 unspecified atom stereocenters. The third-order valence-electron chi connectivity index (χ3n) is 4.64. The summed E-state index contributed by atoms with van der Waals surface area (Å²) in [5.74, 6) is 0.560. The standard InChI is InChI=1S/C21H25N5OS/c1-15-8-7-11-17(12-15)20-23-24-21(28)26(20)14-19(27)22-13-18(25(2)3)16-9-5-4-6-10-16/h4-12,18H,13-14H2,1-3H3,(H,22,27)(H,24,28). The number of nitrogens with zero attached hydrogens (tertiary/aromatic N) is 3. The first-order chi connectivity index (χ1) is 13.5. The van der Waals surface area contributed by atoms with Gasteiger partial charge in [-0.05, 0) is 44.9 Å². The van der Waals surface area contributed by atoms with Crippen molar-refractivity contribution < 1.29 is 4.79 Å². The molecular formula is C21H25N5OS. The molecule has 146 valence electrons. The summed E-state index contributed by atoms with van der Waals surface area (Å²) in [6.07, 6.45) is 0. The van der Waals surface area contributed by atoms with E-state index >= 15 is 0 Å². The van der Waals surface area contributed by atoms with Gasteiger partial charge in [0.15, 0.2) is 10.6 Å². The Morgan fingerprint density at radius 2 is 1.96 bits per heavy atom. The second-order valence-electron chi connectivity index (χ2n) is 7.00. The number of benzene rings is 2. The van der Waals surface area contributed by atoms with Gasteiger partial charge in [0, 0.05) is 12.1 Å². The summed E-state index contributed by atoms with van der Waals surface area (Å²) in [7, 11) is 4.01. The van der Waals surface area contributed by atoms with Crippen LogP contribution >= 0.6 is 12.2 Å². The first-order valence-electron chi connectivity index (χ1n) is 9.16. The molecule has 6 nitrogen and oxygen atoms in total. The van der Waals surface area contributed by atoms with E-state index in [-0.39, 0.29) is 18.5 Å². The second kappa shape index (κ2) is 8.95. The minimum absolute atomic E-state index is 0.0960. The summed E-state index contributed by atoms with van der Waals surface area (Å²) in [6.45, 7) is 2.65. The number of hydrogen-bond donors (Lipinski definition) is 2. The lowest BCUT2D eigenvalue weighted by atomic mass is 10.1. The molecule has 28 heavy (non-hydrogen) atoms. The van der Waals surface area contributed by atoms with E-state index in [4.69, 9.17) is 12.2 Å². The van der Waals surface area contributed by atoms with Crippen LogP contribution < -0.4 is 5.32 Å². The van der Waals surface area contributed by atoms with Crippen LogP contribution in [0.4, 0.5) is 0 Å². The average molecular weight is 396 g/mol. The van der Waals surface area contributed by atoms with Crippen molar-refractivity contribution in [3.63, 3.8) is 0 Å². The highest BCUT2D eigenvalue weighted by Gasteiger charge is 2.17. The van der Waals surface area contributed by atoms with E-state index in [2.05, 4.69) is 32.5 Å². The van der Waals surface area contributed by atoms with Crippen molar-refractivity contribution in [2.45, 2.75) is 19.5 Å². The zero-order valence-electron chi connectivity index (χ0n) is 16.3. The summed E-state index contributed by atoms with van der Waals surface area (Å²) in [6, 6.07) is 18.2. The van der Waals surface area contributed by atoms with Crippen molar-refractivity contribution in [2.75, 3.05) is 20.6 Å². The number of nitrogens with one attached hydrogen (secondary N) is 2. The van der Waals surface area contributed by atoms with Gasteiger partial charge in [0.2, 0.25) is 5.91 Å². The maximum atomic E-state index is 12.6. The molecule has 0 bridgehead atoms. The Balaban J connectivity index is 1.72. The Kier molecular flexibility index (Phi) is 6.38. The van der Waals surface area contributed by atoms with Crippen LogP contribution in [0.25, 0.3) is 11.4 Å². The Morgan fingerprint density at radius 3 is 2.64 bits per heavy atom. The van der Waals surface area contributed by atoms with E-state index in [9.17, 15) is 4.79 Å². The number of aromatic nitrogens is 3. The lowest BCUT2D eigenvalue weighted by molar-refractivity contribution is -0.121. The molecule has 1 heterocycles. The molecule has 0 radical (unpaired) electrons. The molecule has 0 saturated carbocycles. The molecule has 0 aliphatic rings. The fourth-order valence-electron chi connectivity index (χ4n) is 3.15. The SMILES string of the molecule is Cc1cccc(-c2n[nH]c(=S)n2CC(=O)NCC(c2ccccc2)N(C)C)c1. The van der Waals surface area contributed by atoms with E-state index in [0.717, 1.165) is 16.7 Å². The minimum atomic E-state index is -0.103. The highest BCUT2D eigenvalue weighted by atomic mass is 32.1. The molecule has 0 fully saturated rings. The Bertz CT molecular complexity index is 993. The minimum Gasteiger partial charge on any atom is -0.353 e. The van der Waals surface area contributed by atoms with Gasteiger partial charge in [-0.3, -0.25) is 14.5 Å². The van der Waals surface area contributed by atoms with Crippen LogP contribution in [0.2, 0.25) is 0 Å². The number of aryl methyl sites for hydroxylation is 1. The first-order valence-corrected chi connectivity index (χ1v) is 9.57. The molecule has 7 heteroatoms. The van der Waals surface area contributed by atoms with E-state index in [1.165, 1.54) is 0 Å². The third-order valence-corrected chi connectivity index (χ3v) is 4.95. The monoisotopic (exact) mass is 395 g/mol. The number of likely N-dealkylation sites (N-methyl/N-ethyl adjacent to an activating group) is 1. The maximum absolute atomic E-state index is 12.6. The van der Waals surface area contributed by atoms with Crippen LogP contribution in [-0.2, 0) is 11.3 Å². The topological polar surface area (TPSA) is 66.0 Å². The molecule has 2 N–H and O–H groups in total. The predicted molar refractivity (Wildman–Crippen MR) is 113 cm³/mol. The van der Waals surface area contributed by atoms with Crippen molar-refractivity contribution in [3.8, 4) is 11.4 Å². The zero-order chi connectivity index (χ0) is 20.1. The summed E-state index contributed by atoms with van der Waals surface area (Å²) < 4.78 is 2.16. The van der Waals surface area contributed by atoms with Crippen LogP contribution in [0.15, 0.2) is 54.6 Å². The van der Waals surface area contributed by atoms with Gasteiger partial charge >= 0.3 is 0 Å². The largest absolute Gasteiger partial charge is 0.353 e. The highest BCUT2D eigenvalue weighted by Crippen LogP contribution is 2.19. The van der Waals surface area contributed by atoms with Crippen LogP contribution in [0.3, 0.4) is 0 Å². The van der Waals surface area contributed by atoms with Crippen molar-refractivity contribution in [2.24, 2.45) is 0 Å². The number of rotatable bonds is 7. The Hall–Kier alpha value is -2.77. The van der Waals surface area contributed by atoms with E-state index < -0.39 is 0 Å². The molecule has 0 aliphatic carbocycles. The molecule has 0 spiro atoms. The number of carbonyl (C=O) groups is 1. The lowest BCUT2D eigenvalue weighted by Crippen LogP contribution is -2.36. The van der Waals surface area contributed by atoms with Crippen molar-refractivity contribution in [1.29, 1.82) is 0 Å². The number of hydrogen-bond acceptors (Lipinski definition) is 4. The second-order valence-corrected chi connectivity index (χ2v) is 7.39. The van der Waals surface area contributed by atoms with Gasteiger partial charge in [0.05, 0.1) is 6.04 Å². The molecule has 1 atom stereocenters. The van der Waals surface area contributed by atoms with Crippen molar-refractivity contribution in [1.82, 2.24) is 25.0 Å². The fraction of sp³-hybridized carbons (Fsp3) is 0.286. The van der Waals surface area contributed by atoms with Gasteiger partial charge in [0.1, 0.15) is 6.54 Å². The number of amides is 1. The molecule has 2 aromatic carbocycles. The first kappa shape index (κ1) is 20.0. The van der Waals surface area contributed by atoms with Crippen molar-refractivity contribution in [3.05, 3.63) is 70.5 Å². The Morgan fingerprint density at radius 1 is 1.21 bits per heavy atom. The van der Waals surface area contributed by atoms with Crippen LogP contribution in [0, 0.1) is 11.7 Å². The van der Waals surface area contributed by atoms with Crippen molar-refractivity contribution >= 4 is 18.1 Å². The molecule has 1 amide bonds.